The smallest absolute Gasteiger partial charge is 0.756 e. The molecule has 4 heterocycles. The summed E-state index contributed by atoms with van der Waals surface area (Å²) in [7, 11) is -4.49. The van der Waals surface area contributed by atoms with Gasteiger partial charge in [0.1, 0.15) is 24.6 Å². The normalized spacial score (nSPS) is 29.9. The van der Waals surface area contributed by atoms with Crippen LogP contribution in [0.5, 0.6) is 0 Å². The second-order valence-electron chi connectivity index (χ2n) is 6.74. The van der Waals surface area contributed by atoms with Gasteiger partial charge in [0.15, 0.2) is 23.2 Å². The molecule has 2 unspecified atom stereocenters. The topological polar surface area (TPSA) is 161 Å². The van der Waals surface area contributed by atoms with Gasteiger partial charge in [0.2, 0.25) is 0 Å². The predicted molar refractivity (Wildman–Crippen MR) is 98.1 cm³/mol. The summed E-state index contributed by atoms with van der Waals surface area (Å²) in [5, 5.41) is 13.3. The first-order valence-electron chi connectivity index (χ1n) is 8.94. The number of hydrogen-bond donors (Lipinski definition) is 2. The van der Waals surface area contributed by atoms with Crippen LogP contribution < -0.4 is 39.8 Å². The van der Waals surface area contributed by atoms with Crippen molar-refractivity contribution in [1.82, 2.24) is 19.5 Å². The van der Waals surface area contributed by atoms with Gasteiger partial charge in [-0.25, -0.2) is 15.0 Å². The molecule has 5 rings (SSSR count). The zero-order valence-corrected chi connectivity index (χ0v) is 19.1. The number of phosphoric acid groups is 1. The van der Waals surface area contributed by atoms with Gasteiger partial charge in [-0.2, -0.15) is 0 Å². The maximum absolute atomic E-state index is 12.4. The van der Waals surface area contributed by atoms with Gasteiger partial charge in [-0.3, -0.25) is 13.9 Å². The molecule has 2 aromatic heterocycles. The number of anilines is 1. The van der Waals surface area contributed by atoms with Crippen molar-refractivity contribution >= 4 is 30.7 Å². The van der Waals surface area contributed by atoms with E-state index in [1.165, 1.54) is 17.2 Å². The number of ether oxygens (including phenoxy) is 1. The van der Waals surface area contributed by atoms with Crippen molar-refractivity contribution in [2.45, 2.75) is 24.5 Å². The summed E-state index contributed by atoms with van der Waals surface area (Å²) in [6.07, 6.45) is -1.61. The van der Waals surface area contributed by atoms with Gasteiger partial charge < -0.3 is 29.1 Å². The maximum Gasteiger partial charge on any atom is 1.00 e. The van der Waals surface area contributed by atoms with E-state index in [4.69, 9.17) is 9.26 Å². The van der Waals surface area contributed by atoms with Crippen LogP contribution in [0.15, 0.2) is 43.0 Å². The van der Waals surface area contributed by atoms with E-state index < -0.39 is 32.4 Å². The zero-order chi connectivity index (χ0) is 20.9. The number of fused-ring (bicyclic) bond motifs is 2. The largest absolute Gasteiger partial charge is 1.00 e. The van der Waals surface area contributed by atoms with Crippen molar-refractivity contribution in [2.24, 2.45) is 0 Å². The van der Waals surface area contributed by atoms with Crippen molar-refractivity contribution in [1.29, 1.82) is 0 Å². The summed E-state index contributed by atoms with van der Waals surface area (Å²) in [4.78, 5) is 36.5. The van der Waals surface area contributed by atoms with Gasteiger partial charge >= 0.3 is 29.6 Å². The van der Waals surface area contributed by atoms with Gasteiger partial charge in [0, 0.05) is 5.56 Å². The number of hydrogen-bond acceptors (Lipinski definition) is 10. The molecule has 0 spiro atoms. The van der Waals surface area contributed by atoms with Crippen LogP contribution >= 0.6 is 7.82 Å². The Hall–Kier alpha value is -1.73. The zero-order valence-electron chi connectivity index (χ0n) is 16.2. The molecule has 0 bridgehead atoms. The van der Waals surface area contributed by atoms with Gasteiger partial charge in [-0.05, 0) is 12.1 Å². The summed E-state index contributed by atoms with van der Waals surface area (Å²) >= 11 is 0. The fraction of sp³-hybridized carbons (Fsp3) is 0.294. The van der Waals surface area contributed by atoms with Crippen LogP contribution in [0, 0.1) is 0 Å². The number of carbonyl (C=O) groups is 1. The second-order valence-corrected chi connectivity index (χ2v) is 8.10. The van der Waals surface area contributed by atoms with Crippen molar-refractivity contribution < 1.29 is 62.7 Å². The number of nitrogens with one attached hydrogen (secondary N) is 1. The molecule has 2 saturated heterocycles. The minimum atomic E-state index is -4.49. The Morgan fingerprint density at radius 2 is 2.03 bits per heavy atom. The van der Waals surface area contributed by atoms with Crippen LogP contribution in [0.3, 0.4) is 0 Å². The fourth-order valence-electron chi connectivity index (χ4n) is 3.46. The van der Waals surface area contributed by atoms with Crippen LogP contribution in [0.25, 0.3) is 11.2 Å². The summed E-state index contributed by atoms with van der Waals surface area (Å²) in [6, 6.07) is 8.60. The molecule has 1 aromatic carbocycles. The molecule has 0 aliphatic carbocycles. The third-order valence-electron chi connectivity index (χ3n) is 4.86. The Balaban J connectivity index is 0.00000231. The van der Waals surface area contributed by atoms with E-state index in [1.807, 2.05) is 0 Å². The number of carbonyl (C=O) groups excluding carboxylic acids is 1. The summed E-state index contributed by atoms with van der Waals surface area (Å²) in [6.45, 7) is -0.265. The van der Waals surface area contributed by atoms with Gasteiger partial charge in [0.25, 0.3) is 13.7 Å². The quantitative estimate of drug-likeness (QED) is 0.312. The van der Waals surface area contributed by atoms with E-state index in [9.17, 15) is 19.4 Å². The Morgan fingerprint density at radius 3 is 2.81 bits per heavy atom. The molecule has 0 radical (unpaired) electrons. The first-order valence-corrected chi connectivity index (χ1v) is 10.4. The van der Waals surface area contributed by atoms with Crippen LogP contribution in [-0.2, 0) is 18.3 Å². The van der Waals surface area contributed by atoms with Gasteiger partial charge in [0.05, 0.1) is 12.9 Å². The van der Waals surface area contributed by atoms with E-state index in [2.05, 4.69) is 24.8 Å². The molecule has 2 aliphatic heterocycles. The number of benzene rings is 1. The van der Waals surface area contributed by atoms with Crippen molar-refractivity contribution in [3.8, 4) is 0 Å². The number of rotatable bonds is 3. The van der Waals surface area contributed by atoms with Crippen molar-refractivity contribution in [3.63, 3.8) is 0 Å². The third kappa shape index (κ3) is 4.19. The third-order valence-corrected chi connectivity index (χ3v) is 5.82. The van der Waals surface area contributed by atoms with E-state index in [0.717, 1.165) is 0 Å². The molecule has 14 heteroatoms. The van der Waals surface area contributed by atoms with E-state index in [-0.39, 0.29) is 59.1 Å². The monoisotopic (exact) mass is 455 g/mol. The number of amides is 1. The molecule has 1 amide bonds. The molecular weight excluding hydrogens is 440 g/mol. The second kappa shape index (κ2) is 8.66. The van der Waals surface area contributed by atoms with E-state index >= 15 is 0 Å². The summed E-state index contributed by atoms with van der Waals surface area (Å²) in [5.41, 5.74) is 1.00. The standard InChI is InChI=1S/C17H16N5O7P.Na/c23-12-13-10(6-27-30(25,26)29-13)28-17(12)22-8-20-11-14(18-7-19-15(11)22)21-16(24)9-4-2-1-3-5-9;/h1-5,7-8,10,12-13,17,23H,6H2,(H,25,26)(H,18,19,21,24);/q;+1/p-1/t10-,12?,13-,17-;/m1./s1. The average molecular weight is 455 g/mol. The minimum absolute atomic E-state index is 0. The molecule has 2 N–H and O–H groups in total. The molecule has 0 saturated carbocycles. The summed E-state index contributed by atoms with van der Waals surface area (Å²) in [5.74, 6) is -0.189. The predicted octanol–water partition coefficient (Wildman–Crippen LogP) is -2.78. The minimum Gasteiger partial charge on any atom is -0.756 e. The number of nitrogens with zero attached hydrogens (tertiary/aromatic N) is 4. The van der Waals surface area contributed by atoms with Crippen LogP contribution in [-0.4, -0.2) is 55.5 Å². The molecule has 5 atom stereocenters. The summed E-state index contributed by atoms with van der Waals surface area (Å²) < 4.78 is 28.2. The maximum atomic E-state index is 12.4. The number of imidazole rings is 1. The first-order chi connectivity index (χ1) is 14.4. The molecule has 2 fully saturated rings. The van der Waals surface area contributed by atoms with Crippen LogP contribution in [0.1, 0.15) is 16.6 Å². The van der Waals surface area contributed by atoms with Gasteiger partial charge in [-0.1, -0.05) is 18.2 Å². The molecule has 156 valence electrons. The molecular formula is C17H15N5NaO7P. The van der Waals surface area contributed by atoms with Crippen LogP contribution in [0.2, 0.25) is 0 Å². The number of aromatic nitrogens is 4. The van der Waals surface area contributed by atoms with E-state index in [1.54, 1.807) is 30.3 Å². The molecule has 12 nitrogen and oxygen atoms in total. The average Bonchev–Trinajstić information content (AvgIpc) is 3.30. The van der Waals surface area contributed by atoms with Crippen LogP contribution in [0.4, 0.5) is 5.82 Å². The Labute approximate surface area is 197 Å². The Morgan fingerprint density at radius 1 is 1.26 bits per heavy atom. The number of phosphoric ester groups is 1. The van der Waals surface area contributed by atoms with E-state index in [0.29, 0.717) is 5.56 Å². The number of aliphatic hydroxyl groups is 1. The van der Waals surface area contributed by atoms with Gasteiger partial charge in [-0.15, -0.1) is 0 Å². The molecule has 2 aliphatic rings. The first kappa shape index (κ1) is 22.5. The molecule has 31 heavy (non-hydrogen) atoms. The molecule has 3 aromatic rings. The Bertz CT molecular complexity index is 1160. The Kier molecular flexibility index (Phi) is 6.28. The van der Waals surface area contributed by atoms with Crippen molar-refractivity contribution in [3.05, 3.63) is 48.5 Å². The fourth-order valence-corrected chi connectivity index (χ4v) is 4.41. The number of aliphatic hydroxyl groups excluding tert-OH is 1. The van der Waals surface area contributed by atoms with Crippen molar-refractivity contribution in [2.75, 3.05) is 11.9 Å². The SMILES string of the molecule is O=C(Nc1ncnc2c1ncn2[C@@H]1O[C@@H]2COP(=O)([O-])O[C@H]2C1O)c1ccccc1.[Na+].